The van der Waals surface area contributed by atoms with E-state index in [4.69, 9.17) is 16.7 Å². The summed E-state index contributed by atoms with van der Waals surface area (Å²) in [5, 5.41) is 42.0. The fourth-order valence-electron chi connectivity index (χ4n) is 3.58. The van der Waals surface area contributed by atoms with Crippen molar-refractivity contribution in [2.45, 2.75) is 63.3 Å². The van der Waals surface area contributed by atoms with Crippen molar-refractivity contribution in [1.82, 2.24) is 0 Å². The van der Waals surface area contributed by atoms with Gasteiger partial charge in [0.15, 0.2) is 0 Å². The molecule has 7 heteroatoms. The Morgan fingerprint density at radius 2 is 2.11 bits per heavy atom. The van der Waals surface area contributed by atoms with E-state index in [0.717, 1.165) is 9.90 Å². The van der Waals surface area contributed by atoms with E-state index in [1.807, 2.05) is 29.7 Å². The van der Waals surface area contributed by atoms with Crippen LogP contribution >= 0.6 is 22.9 Å². The monoisotopic (exact) mass is 428 g/mol. The van der Waals surface area contributed by atoms with Crippen LogP contribution in [0.3, 0.4) is 0 Å². The number of halogens is 1. The van der Waals surface area contributed by atoms with Gasteiger partial charge in [-0.25, -0.2) is 0 Å². The van der Waals surface area contributed by atoms with Crippen LogP contribution in [0.2, 0.25) is 5.02 Å². The molecule has 5 nitrogen and oxygen atoms in total. The van der Waals surface area contributed by atoms with E-state index in [1.165, 1.54) is 0 Å². The number of thiophene rings is 1. The number of allylic oxidation sites excluding steroid dienone is 2. The molecule has 0 aliphatic heterocycles. The van der Waals surface area contributed by atoms with Gasteiger partial charge in [-0.2, -0.15) is 0 Å². The molecule has 1 aliphatic carbocycles. The maximum absolute atomic E-state index is 10.5. The number of rotatable bonds is 11. The van der Waals surface area contributed by atoms with Crippen molar-refractivity contribution in [2.24, 2.45) is 11.8 Å². The maximum atomic E-state index is 10.5. The molecule has 0 saturated heterocycles. The highest BCUT2D eigenvalue weighted by Gasteiger charge is 2.39. The molecule has 0 aromatic carbocycles. The second-order valence-electron chi connectivity index (χ2n) is 7.29. The highest BCUT2D eigenvalue weighted by atomic mass is 35.5. The van der Waals surface area contributed by atoms with Crippen LogP contribution in [0.15, 0.2) is 35.8 Å². The fraction of sp³-hybridized carbons (Fsp3) is 0.571. The average Bonchev–Trinajstić information content (AvgIpc) is 3.16. The minimum absolute atomic E-state index is 0.110. The molecule has 0 spiro atoms. The predicted octanol–water partition coefficient (Wildman–Crippen LogP) is 3.81. The first-order valence-electron chi connectivity index (χ1n) is 9.69. The summed E-state index contributed by atoms with van der Waals surface area (Å²) in [7, 11) is 0. The summed E-state index contributed by atoms with van der Waals surface area (Å²) in [6.45, 7) is 0. The van der Waals surface area contributed by atoms with Crippen molar-refractivity contribution >= 4 is 28.9 Å². The molecule has 0 unspecified atom stereocenters. The zero-order chi connectivity index (χ0) is 20.5. The van der Waals surface area contributed by atoms with Crippen molar-refractivity contribution in [3.63, 3.8) is 0 Å². The molecule has 5 atom stereocenters. The molecular formula is C21H29ClO5S. The molecule has 0 amide bonds. The molecule has 1 aromatic heterocycles. The van der Waals surface area contributed by atoms with Crippen molar-refractivity contribution in [1.29, 1.82) is 0 Å². The predicted molar refractivity (Wildman–Crippen MR) is 112 cm³/mol. The third-order valence-corrected chi connectivity index (χ3v) is 6.61. The van der Waals surface area contributed by atoms with Gasteiger partial charge in [-0.15, -0.1) is 11.3 Å². The van der Waals surface area contributed by atoms with Gasteiger partial charge < -0.3 is 20.4 Å². The first kappa shape index (κ1) is 23.1. The molecule has 1 aromatic rings. The van der Waals surface area contributed by atoms with Gasteiger partial charge in [-0.05, 0) is 49.5 Å². The van der Waals surface area contributed by atoms with Gasteiger partial charge in [-0.1, -0.05) is 35.9 Å². The second kappa shape index (κ2) is 11.7. The Labute approximate surface area is 175 Å². The Hall–Kier alpha value is -1.18. The molecule has 1 aliphatic rings. The van der Waals surface area contributed by atoms with Gasteiger partial charge >= 0.3 is 5.97 Å². The molecule has 1 saturated carbocycles. The summed E-state index contributed by atoms with van der Waals surface area (Å²) in [5.41, 5.74) is 0. The van der Waals surface area contributed by atoms with Crippen LogP contribution in [-0.4, -0.2) is 44.7 Å². The van der Waals surface area contributed by atoms with Crippen LogP contribution in [-0.2, 0) is 11.2 Å². The Morgan fingerprint density at radius 1 is 1.32 bits per heavy atom. The minimum atomic E-state index is -0.798. The molecule has 0 radical (unpaired) electrons. The number of carboxylic acids is 1. The normalized spacial score (nSPS) is 26.4. The first-order valence-corrected chi connectivity index (χ1v) is 11.0. The molecule has 1 fully saturated rings. The number of aliphatic carboxylic acids is 1. The largest absolute Gasteiger partial charge is 0.481 e. The van der Waals surface area contributed by atoms with E-state index in [9.17, 15) is 20.1 Å². The molecular weight excluding hydrogens is 400 g/mol. The lowest BCUT2D eigenvalue weighted by atomic mass is 9.89. The van der Waals surface area contributed by atoms with Crippen molar-refractivity contribution in [3.8, 4) is 0 Å². The molecule has 0 bridgehead atoms. The van der Waals surface area contributed by atoms with Crippen LogP contribution in [0.25, 0.3) is 0 Å². The van der Waals surface area contributed by atoms with Gasteiger partial charge in [0, 0.05) is 23.6 Å². The Kier molecular flexibility index (Phi) is 9.68. The SMILES string of the molecule is O=C(O)CCCC=CC[C@@H]1[C@@H](C=C[C@@H](O)CCc2sccc2Cl)[C@H](O)C[C@@H]1O. The number of unbranched alkanes of at least 4 members (excludes halogenated alkanes) is 1. The molecule has 4 N–H and O–H groups in total. The third kappa shape index (κ3) is 7.33. The zero-order valence-corrected chi connectivity index (χ0v) is 17.4. The third-order valence-electron chi connectivity index (χ3n) is 5.17. The quantitative estimate of drug-likeness (QED) is 0.317. The lowest BCUT2D eigenvalue weighted by Gasteiger charge is -2.19. The molecule has 156 valence electrons. The van der Waals surface area contributed by atoms with Crippen LogP contribution in [0, 0.1) is 11.8 Å². The second-order valence-corrected chi connectivity index (χ2v) is 8.70. The van der Waals surface area contributed by atoms with Gasteiger partial charge in [0.25, 0.3) is 0 Å². The summed E-state index contributed by atoms with van der Waals surface area (Å²) in [6, 6.07) is 1.85. The van der Waals surface area contributed by atoms with Crippen LogP contribution in [0.1, 0.15) is 43.4 Å². The standard InChI is InChI=1S/C21H29ClO5S/c22-17-11-12-28-20(17)10-8-14(23)7-9-16-15(18(24)13-19(16)25)5-3-1-2-4-6-21(26)27/h1,3,7,9,11-12,14-16,18-19,23-25H,2,4-6,8,10,13H2,(H,26,27)/t14-,15-,16-,18+,19-/m1/s1. The molecule has 28 heavy (non-hydrogen) atoms. The smallest absolute Gasteiger partial charge is 0.303 e. The summed E-state index contributed by atoms with van der Waals surface area (Å²) in [4.78, 5) is 11.6. The Morgan fingerprint density at radius 3 is 2.79 bits per heavy atom. The van der Waals surface area contributed by atoms with Crippen molar-refractivity contribution < 1.29 is 25.2 Å². The number of carbonyl (C=O) groups is 1. The van der Waals surface area contributed by atoms with Crippen LogP contribution in [0.5, 0.6) is 0 Å². The maximum Gasteiger partial charge on any atom is 0.303 e. The van der Waals surface area contributed by atoms with Gasteiger partial charge in [-0.3, -0.25) is 4.79 Å². The van der Waals surface area contributed by atoms with Gasteiger partial charge in [0.05, 0.1) is 23.3 Å². The Bertz CT molecular complexity index is 672. The molecule has 1 heterocycles. The zero-order valence-electron chi connectivity index (χ0n) is 15.8. The van der Waals surface area contributed by atoms with E-state index < -0.39 is 24.3 Å². The van der Waals surface area contributed by atoms with E-state index in [0.29, 0.717) is 38.5 Å². The van der Waals surface area contributed by atoms with Crippen LogP contribution < -0.4 is 0 Å². The summed E-state index contributed by atoms with van der Waals surface area (Å²) < 4.78 is 0. The van der Waals surface area contributed by atoms with Gasteiger partial charge in [0.1, 0.15) is 0 Å². The number of aryl methyl sites for hydroxylation is 1. The lowest BCUT2D eigenvalue weighted by molar-refractivity contribution is -0.137. The van der Waals surface area contributed by atoms with Crippen molar-refractivity contribution in [3.05, 3.63) is 45.7 Å². The van der Waals surface area contributed by atoms with E-state index in [-0.39, 0.29) is 18.3 Å². The van der Waals surface area contributed by atoms with E-state index in [1.54, 1.807) is 17.4 Å². The first-order chi connectivity index (χ1) is 13.4. The molecule has 2 rings (SSSR count). The number of aliphatic hydroxyl groups is 3. The Balaban J connectivity index is 1.82. The number of aliphatic hydroxyl groups excluding tert-OH is 3. The topological polar surface area (TPSA) is 98.0 Å². The lowest BCUT2D eigenvalue weighted by Crippen LogP contribution is -2.20. The van der Waals surface area contributed by atoms with Crippen molar-refractivity contribution in [2.75, 3.05) is 0 Å². The fourth-order valence-corrected chi connectivity index (χ4v) is 4.73. The minimum Gasteiger partial charge on any atom is -0.481 e. The van der Waals surface area contributed by atoms with Gasteiger partial charge in [0.2, 0.25) is 0 Å². The number of carboxylic acid groups (broad SMARTS) is 1. The summed E-state index contributed by atoms with van der Waals surface area (Å²) in [5.74, 6) is -1.12. The average molecular weight is 429 g/mol. The number of hydrogen-bond acceptors (Lipinski definition) is 5. The summed E-state index contributed by atoms with van der Waals surface area (Å²) >= 11 is 7.64. The summed E-state index contributed by atoms with van der Waals surface area (Å²) in [6.07, 6.45) is 9.17. The highest BCUT2D eigenvalue weighted by molar-refractivity contribution is 7.10. The van der Waals surface area contributed by atoms with E-state index in [2.05, 4.69) is 0 Å². The number of hydrogen-bond donors (Lipinski definition) is 4. The highest BCUT2D eigenvalue weighted by Crippen LogP contribution is 2.36. The van der Waals surface area contributed by atoms with Crippen LogP contribution in [0.4, 0.5) is 0 Å². The van der Waals surface area contributed by atoms with E-state index >= 15 is 0 Å².